The number of likely N-dealkylation sites (tertiary alicyclic amines) is 1. The lowest BCUT2D eigenvalue weighted by Gasteiger charge is -2.15. The second-order valence-electron chi connectivity index (χ2n) is 7.09. The van der Waals surface area contributed by atoms with Crippen LogP contribution >= 0.6 is 23.2 Å². The van der Waals surface area contributed by atoms with Crippen molar-refractivity contribution in [3.63, 3.8) is 0 Å². The summed E-state index contributed by atoms with van der Waals surface area (Å²) in [6, 6.07) is 15.7. The molecule has 0 spiro atoms. The van der Waals surface area contributed by atoms with Gasteiger partial charge in [-0.1, -0.05) is 47.5 Å². The van der Waals surface area contributed by atoms with Crippen LogP contribution in [-0.2, 0) is 6.61 Å². The lowest BCUT2D eigenvalue weighted by atomic mass is 10.0. The highest BCUT2D eigenvalue weighted by atomic mass is 35.5. The fourth-order valence-corrected chi connectivity index (χ4v) is 3.94. The predicted octanol–water partition coefficient (Wildman–Crippen LogP) is 5.82. The summed E-state index contributed by atoms with van der Waals surface area (Å²) >= 11 is 12.5. The van der Waals surface area contributed by atoms with Crippen LogP contribution in [0.2, 0.25) is 10.0 Å². The molecule has 0 atom stereocenters. The Hall–Kier alpha value is -2.27. The Bertz CT molecular complexity index is 983. The van der Waals surface area contributed by atoms with E-state index in [4.69, 9.17) is 33.7 Å². The van der Waals surface area contributed by atoms with Gasteiger partial charge in [-0.25, -0.2) is 4.98 Å². The summed E-state index contributed by atoms with van der Waals surface area (Å²) in [4.78, 5) is 6.68. The van der Waals surface area contributed by atoms with E-state index in [1.54, 1.807) is 24.4 Å². The molecular weight excluding hydrogens is 405 g/mol. The quantitative estimate of drug-likeness (QED) is 0.539. The molecule has 4 nitrogen and oxygen atoms in total. The van der Waals surface area contributed by atoms with Crippen LogP contribution in [0.15, 0.2) is 54.7 Å². The van der Waals surface area contributed by atoms with E-state index in [1.807, 2.05) is 6.07 Å². The van der Waals surface area contributed by atoms with Crippen LogP contribution in [0.1, 0.15) is 24.0 Å². The van der Waals surface area contributed by atoms with Gasteiger partial charge in [0.15, 0.2) is 11.6 Å². The summed E-state index contributed by atoms with van der Waals surface area (Å²) in [6.45, 7) is 4.68. The molecule has 2 heterocycles. The molecule has 1 radical (unpaired) electrons. The lowest BCUT2D eigenvalue weighted by molar-refractivity contribution is 0.307. The number of nitrogens with two attached hydrogens (primary N) is 1. The van der Waals surface area contributed by atoms with E-state index in [9.17, 15) is 0 Å². The summed E-state index contributed by atoms with van der Waals surface area (Å²) in [5.74, 6) is 0.837. The Morgan fingerprint density at radius 2 is 1.72 bits per heavy atom. The molecule has 1 aliphatic rings. The molecule has 149 valence electrons. The summed E-state index contributed by atoms with van der Waals surface area (Å²) in [6.07, 6.45) is 4.28. The molecule has 29 heavy (non-hydrogen) atoms. The van der Waals surface area contributed by atoms with Crippen molar-refractivity contribution < 1.29 is 4.74 Å². The Morgan fingerprint density at radius 1 is 1.00 bits per heavy atom. The number of nitrogens with zero attached hydrogens (tertiary/aromatic N) is 2. The Kier molecular flexibility index (Phi) is 6.24. The predicted molar refractivity (Wildman–Crippen MR) is 119 cm³/mol. The van der Waals surface area contributed by atoms with Crippen LogP contribution < -0.4 is 10.5 Å². The van der Waals surface area contributed by atoms with Crippen molar-refractivity contribution in [3.05, 3.63) is 82.4 Å². The summed E-state index contributed by atoms with van der Waals surface area (Å²) < 4.78 is 5.91. The normalized spacial score (nSPS) is 14.3. The Morgan fingerprint density at radius 3 is 2.48 bits per heavy atom. The van der Waals surface area contributed by atoms with E-state index in [-0.39, 0.29) is 6.61 Å². The van der Waals surface area contributed by atoms with Gasteiger partial charge in [0.05, 0.1) is 6.54 Å². The van der Waals surface area contributed by atoms with Gasteiger partial charge in [0.2, 0.25) is 0 Å². The number of ether oxygens (including phenoxy) is 1. The van der Waals surface area contributed by atoms with E-state index in [0.717, 1.165) is 29.8 Å². The van der Waals surface area contributed by atoms with Crippen molar-refractivity contribution in [2.75, 3.05) is 18.8 Å². The van der Waals surface area contributed by atoms with E-state index < -0.39 is 0 Å². The van der Waals surface area contributed by atoms with Crippen molar-refractivity contribution in [2.24, 2.45) is 0 Å². The largest absolute Gasteiger partial charge is 0.485 e. The molecule has 0 unspecified atom stereocenters. The average molecular weight is 427 g/mol. The van der Waals surface area contributed by atoms with Crippen LogP contribution in [0.4, 0.5) is 5.82 Å². The fraction of sp³-hybridized carbons (Fsp3) is 0.217. The number of halogens is 2. The highest BCUT2D eigenvalue weighted by Gasteiger charge is 2.13. The Labute approximate surface area is 181 Å². The standard InChI is InChI=1S/C23H22Cl2N3O/c24-20-7-4-8-21(25)19(20)15-29-22-12-18(13-27-23(22)26)17-6-3-5-16(11-17)14-28-9-1-2-10-28/h3-8,11-14H,1-2,9-10,15H2,(H2,26,27). The van der Waals surface area contributed by atoms with Crippen molar-refractivity contribution in [1.29, 1.82) is 0 Å². The molecule has 0 saturated carbocycles. The summed E-state index contributed by atoms with van der Waals surface area (Å²) in [7, 11) is 0. The highest BCUT2D eigenvalue weighted by molar-refractivity contribution is 6.35. The molecule has 0 aliphatic carbocycles. The van der Waals surface area contributed by atoms with Gasteiger partial charge in [-0.3, -0.25) is 4.90 Å². The fourth-order valence-electron chi connectivity index (χ4n) is 3.43. The molecule has 1 aromatic heterocycles. The zero-order chi connectivity index (χ0) is 20.2. The molecule has 3 aromatic rings. The zero-order valence-corrected chi connectivity index (χ0v) is 17.5. The first-order chi connectivity index (χ1) is 14.1. The molecule has 2 aromatic carbocycles. The molecule has 1 fully saturated rings. The van der Waals surface area contributed by atoms with Crippen LogP contribution in [-0.4, -0.2) is 23.0 Å². The Balaban J connectivity index is 1.53. The van der Waals surface area contributed by atoms with E-state index in [1.165, 1.54) is 18.4 Å². The van der Waals surface area contributed by atoms with Gasteiger partial charge in [-0.15, -0.1) is 0 Å². The van der Waals surface area contributed by atoms with Gasteiger partial charge in [-0.2, -0.15) is 0 Å². The van der Waals surface area contributed by atoms with Crippen LogP contribution in [0, 0.1) is 6.54 Å². The number of hydrogen-bond donors (Lipinski definition) is 1. The molecule has 1 saturated heterocycles. The monoisotopic (exact) mass is 426 g/mol. The number of hydrogen-bond acceptors (Lipinski definition) is 4. The van der Waals surface area contributed by atoms with Gasteiger partial charge in [-0.05, 0) is 61.3 Å². The van der Waals surface area contributed by atoms with Gasteiger partial charge >= 0.3 is 0 Å². The number of rotatable bonds is 6. The van der Waals surface area contributed by atoms with Crippen molar-refractivity contribution in [3.8, 4) is 16.9 Å². The highest BCUT2D eigenvalue weighted by Crippen LogP contribution is 2.31. The van der Waals surface area contributed by atoms with Crippen LogP contribution in [0.3, 0.4) is 0 Å². The smallest absolute Gasteiger partial charge is 0.166 e. The second-order valence-corrected chi connectivity index (χ2v) is 7.91. The van der Waals surface area contributed by atoms with Gasteiger partial charge in [0, 0.05) is 27.4 Å². The number of aromatic nitrogens is 1. The summed E-state index contributed by atoms with van der Waals surface area (Å²) in [5.41, 5.74) is 9.93. The first kappa shape index (κ1) is 20.0. The van der Waals surface area contributed by atoms with Crippen LogP contribution in [0.5, 0.6) is 5.75 Å². The van der Waals surface area contributed by atoms with Crippen molar-refractivity contribution in [2.45, 2.75) is 19.4 Å². The molecule has 1 aliphatic heterocycles. The third-order valence-corrected chi connectivity index (χ3v) is 5.72. The first-order valence-corrected chi connectivity index (χ1v) is 10.4. The van der Waals surface area contributed by atoms with Gasteiger partial charge in [0.1, 0.15) is 6.61 Å². The number of nitrogen functional groups attached to an aromatic ring is 1. The maximum atomic E-state index is 6.23. The molecule has 0 amide bonds. The van der Waals surface area contributed by atoms with E-state index in [0.29, 0.717) is 21.6 Å². The molecule has 2 N–H and O–H groups in total. The van der Waals surface area contributed by atoms with E-state index in [2.05, 4.69) is 40.7 Å². The molecule has 0 bridgehead atoms. The van der Waals surface area contributed by atoms with Crippen molar-refractivity contribution >= 4 is 29.0 Å². The maximum Gasteiger partial charge on any atom is 0.166 e. The number of anilines is 1. The SMILES string of the molecule is Nc1ncc(-c2cccc([CH]N3CCCC3)c2)cc1OCc1c(Cl)cccc1Cl. The van der Waals surface area contributed by atoms with Crippen LogP contribution in [0.25, 0.3) is 11.1 Å². The molecule has 6 heteroatoms. The van der Waals surface area contributed by atoms with Gasteiger partial charge in [0.25, 0.3) is 0 Å². The number of benzene rings is 2. The third-order valence-electron chi connectivity index (χ3n) is 5.01. The molecular formula is C23H22Cl2N3O. The minimum atomic E-state index is 0.219. The molecule has 4 rings (SSSR count). The van der Waals surface area contributed by atoms with E-state index >= 15 is 0 Å². The number of pyridine rings is 1. The van der Waals surface area contributed by atoms with Crippen molar-refractivity contribution in [1.82, 2.24) is 9.88 Å². The lowest BCUT2D eigenvalue weighted by Crippen LogP contribution is -2.15. The van der Waals surface area contributed by atoms with Gasteiger partial charge < -0.3 is 10.5 Å². The zero-order valence-electron chi connectivity index (χ0n) is 15.9. The second kappa shape index (κ2) is 9.04. The minimum absolute atomic E-state index is 0.219. The minimum Gasteiger partial charge on any atom is -0.485 e. The average Bonchev–Trinajstić information content (AvgIpc) is 3.22. The summed E-state index contributed by atoms with van der Waals surface area (Å²) in [5, 5.41) is 1.12. The maximum absolute atomic E-state index is 6.23. The topological polar surface area (TPSA) is 51.4 Å². The first-order valence-electron chi connectivity index (χ1n) is 9.61. The third kappa shape index (κ3) is 4.84.